The lowest BCUT2D eigenvalue weighted by molar-refractivity contribution is 0.373. The molecule has 1 aromatic rings. The summed E-state index contributed by atoms with van der Waals surface area (Å²) in [5, 5.41) is 3.09. The second-order valence-electron chi connectivity index (χ2n) is 3.48. The minimum Gasteiger partial charge on any atom is -0.345 e. The zero-order valence-electron chi connectivity index (χ0n) is 9.26. The molecule has 0 spiro atoms. The number of hydrogen-bond donors (Lipinski definition) is 2. The van der Waals surface area contributed by atoms with E-state index < -0.39 is 0 Å². The Kier molecular flexibility index (Phi) is 3.58. The number of nitrogens with zero attached hydrogens (tertiary/aromatic N) is 4. The zero-order valence-corrected chi connectivity index (χ0v) is 10.1. The van der Waals surface area contributed by atoms with E-state index in [1.54, 1.807) is 18.4 Å². The summed E-state index contributed by atoms with van der Waals surface area (Å²) in [6.45, 7) is 3.73. The topological polar surface area (TPSA) is 69.8 Å². The van der Waals surface area contributed by atoms with Gasteiger partial charge in [-0.1, -0.05) is 0 Å². The maximum absolute atomic E-state index is 5.40. The molecule has 1 aromatic heterocycles. The van der Waals surface area contributed by atoms with Gasteiger partial charge in [-0.25, -0.2) is 10.8 Å². The Hall–Kier alpha value is -1.34. The van der Waals surface area contributed by atoms with Crippen LogP contribution in [0.15, 0.2) is 16.6 Å². The van der Waals surface area contributed by atoms with Crippen LogP contribution in [0.25, 0.3) is 0 Å². The van der Waals surface area contributed by atoms with Gasteiger partial charge in [0.05, 0.1) is 0 Å². The molecule has 2 rings (SSSR count). The van der Waals surface area contributed by atoms with Crippen LogP contribution in [0.3, 0.4) is 0 Å². The van der Waals surface area contributed by atoms with E-state index in [0.717, 1.165) is 37.3 Å². The van der Waals surface area contributed by atoms with Gasteiger partial charge >= 0.3 is 0 Å². The fourth-order valence-corrected chi connectivity index (χ4v) is 2.48. The summed E-state index contributed by atoms with van der Waals surface area (Å²) in [6, 6.07) is 0. The van der Waals surface area contributed by atoms with Crippen LogP contribution >= 0.6 is 11.3 Å². The summed E-state index contributed by atoms with van der Waals surface area (Å²) in [7, 11) is 1.74. The zero-order chi connectivity index (χ0) is 11.4. The average molecular weight is 240 g/mol. The Morgan fingerprint density at radius 2 is 2.25 bits per heavy atom. The van der Waals surface area contributed by atoms with E-state index in [4.69, 9.17) is 5.84 Å². The third-order valence-electron chi connectivity index (χ3n) is 2.61. The molecule has 0 unspecified atom stereocenters. The van der Waals surface area contributed by atoms with Crippen molar-refractivity contribution in [2.24, 2.45) is 10.8 Å². The van der Waals surface area contributed by atoms with Gasteiger partial charge in [0.15, 0.2) is 5.13 Å². The highest BCUT2D eigenvalue weighted by atomic mass is 32.1. The van der Waals surface area contributed by atoms with Crippen LogP contribution in [0.5, 0.6) is 0 Å². The Bertz CT molecular complexity index is 341. The van der Waals surface area contributed by atoms with Crippen LogP contribution in [0, 0.1) is 0 Å². The second-order valence-corrected chi connectivity index (χ2v) is 4.35. The van der Waals surface area contributed by atoms with E-state index in [2.05, 4.69) is 25.2 Å². The number of aromatic nitrogens is 1. The molecule has 0 aromatic carbocycles. The van der Waals surface area contributed by atoms with Crippen molar-refractivity contribution in [3.8, 4) is 0 Å². The standard InChI is InChI=1S/C9H16N6S/c1-11-8(13-10)14-3-5-15(6-4-14)9-12-2-7-16-9/h2,7H,3-6,10H2,1H3,(H,11,13). The number of hydrazine groups is 1. The van der Waals surface area contributed by atoms with Gasteiger partial charge < -0.3 is 9.80 Å². The van der Waals surface area contributed by atoms with Crippen LogP contribution in [0.2, 0.25) is 0 Å². The van der Waals surface area contributed by atoms with Crippen molar-refractivity contribution in [1.82, 2.24) is 15.3 Å². The third kappa shape index (κ3) is 2.25. The normalized spacial score (nSPS) is 17.8. The van der Waals surface area contributed by atoms with Gasteiger partial charge in [0.25, 0.3) is 0 Å². The first-order chi connectivity index (χ1) is 7.85. The maximum atomic E-state index is 5.40. The molecule has 0 aliphatic carbocycles. The molecule has 88 valence electrons. The summed E-state index contributed by atoms with van der Waals surface area (Å²) in [5.74, 6) is 6.15. The van der Waals surface area contributed by atoms with Crippen LogP contribution in [-0.2, 0) is 0 Å². The molecule has 6 nitrogen and oxygen atoms in total. The van der Waals surface area contributed by atoms with E-state index in [9.17, 15) is 0 Å². The number of guanidine groups is 1. The van der Waals surface area contributed by atoms with E-state index in [0.29, 0.717) is 0 Å². The van der Waals surface area contributed by atoms with E-state index in [1.165, 1.54) is 0 Å². The number of piperazine rings is 1. The summed E-state index contributed by atoms with van der Waals surface area (Å²) < 4.78 is 0. The first kappa shape index (κ1) is 11.2. The minimum atomic E-state index is 0.749. The molecule has 1 saturated heterocycles. The Balaban J connectivity index is 1.92. The molecule has 1 fully saturated rings. The average Bonchev–Trinajstić information content (AvgIpc) is 2.85. The van der Waals surface area contributed by atoms with Crippen LogP contribution in [0.1, 0.15) is 0 Å². The van der Waals surface area contributed by atoms with Gasteiger partial charge in [0.2, 0.25) is 5.96 Å². The van der Waals surface area contributed by atoms with Crippen molar-refractivity contribution in [2.75, 3.05) is 38.1 Å². The highest BCUT2D eigenvalue weighted by molar-refractivity contribution is 7.13. The second kappa shape index (κ2) is 5.13. The molecule has 0 atom stereocenters. The van der Waals surface area contributed by atoms with Gasteiger partial charge in [-0.05, 0) is 0 Å². The summed E-state index contributed by atoms with van der Waals surface area (Å²) in [6.07, 6.45) is 1.84. The van der Waals surface area contributed by atoms with Crippen molar-refractivity contribution in [1.29, 1.82) is 0 Å². The summed E-state index contributed by atoms with van der Waals surface area (Å²) >= 11 is 1.68. The SMILES string of the molecule is CN=C(NN)N1CCN(c2nccs2)CC1. The molecule has 0 amide bonds. The predicted molar refractivity (Wildman–Crippen MR) is 66.6 cm³/mol. The number of hydrogen-bond acceptors (Lipinski definition) is 5. The Labute approximate surface area is 98.8 Å². The molecule has 7 heteroatoms. The number of aliphatic imine (C=N–C) groups is 1. The van der Waals surface area contributed by atoms with Crippen molar-refractivity contribution >= 4 is 22.4 Å². The smallest absolute Gasteiger partial charge is 0.208 e. The number of anilines is 1. The van der Waals surface area contributed by atoms with Crippen LogP contribution in [-0.4, -0.2) is 49.1 Å². The molecule has 2 heterocycles. The Morgan fingerprint density at radius 1 is 1.50 bits per heavy atom. The molecular formula is C9H16N6S. The van der Waals surface area contributed by atoms with E-state index in [1.807, 2.05) is 11.6 Å². The van der Waals surface area contributed by atoms with Crippen molar-refractivity contribution in [2.45, 2.75) is 0 Å². The lowest BCUT2D eigenvalue weighted by Crippen LogP contribution is -2.53. The minimum absolute atomic E-state index is 0.749. The molecule has 0 radical (unpaired) electrons. The fraction of sp³-hybridized carbons (Fsp3) is 0.556. The van der Waals surface area contributed by atoms with Crippen molar-refractivity contribution < 1.29 is 0 Å². The quantitative estimate of drug-likeness (QED) is 0.306. The lowest BCUT2D eigenvalue weighted by atomic mass is 10.3. The molecule has 16 heavy (non-hydrogen) atoms. The number of thiazole rings is 1. The van der Waals surface area contributed by atoms with Crippen molar-refractivity contribution in [3.63, 3.8) is 0 Å². The van der Waals surface area contributed by atoms with Gasteiger partial charge in [-0.15, -0.1) is 11.3 Å². The van der Waals surface area contributed by atoms with Gasteiger partial charge in [-0.2, -0.15) is 0 Å². The molecule has 0 saturated carbocycles. The van der Waals surface area contributed by atoms with E-state index in [-0.39, 0.29) is 0 Å². The lowest BCUT2D eigenvalue weighted by Gasteiger charge is -2.35. The first-order valence-corrected chi connectivity index (χ1v) is 6.06. The summed E-state index contributed by atoms with van der Waals surface area (Å²) in [4.78, 5) is 12.8. The van der Waals surface area contributed by atoms with Gasteiger partial charge in [0.1, 0.15) is 0 Å². The third-order valence-corrected chi connectivity index (χ3v) is 3.44. The van der Waals surface area contributed by atoms with Crippen LogP contribution < -0.4 is 16.2 Å². The first-order valence-electron chi connectivity index (χ1n) is 5.18. The maximum Gasteiger partial charge on any atom is 0.208 e. The number of nitrogens with one attached hydrogen (secondary N) is 1. The highest BCUT2D eigenvalue weighted by Crippen LogP contribution is 2.18. The monoisotopic (exact) mass is 240 g/mol. The molecule has 1 aliphatic rings. The Morgan fingerprint density at radius 3 is 2.75 bits per heavy atom. The predicted octanol–water partition coefficient (Wildman–Crippen LogP) is -0.286. The highest BCUT2D eigenvalue weighted by Gasteiger charge is 2.20. The van der Waals surface area contributed by atoms with Crippen molar-refractivity contribution in [3.05, 3.63) is 11.6 Å². The fourth-order valence-electron chi connectivity index (χ4n) is 1.78. The van der Waals surface area contributed by atoms with Crippen LogP contribution in [0.4, 0.5) is 5.13 Å². The van der Waals surface area contributed by atoms with Gasteiger partial charge in [-0.3, -0.25) is 10.4 Å². The molecular weight excluding hydrogens is 224 g/mol. The molecule has 1 aliphatic heterocycles. The van der Waals surface area contributed by atoms with E-state index >= 15 is 0 Å². The largest absolute Gasteiger partial charge is 0.345 e. The summed E-state index contributed by atoms with van der Waals surface area (Å²) in [5.41, 5.74) is 2.62. The number of rotatable bonds is 1. The van der Waals surface area contributed by atoms with Gasteiger partial charge in [0, 0.05) is 44.8 Å². The molecule has 0 bridgehead atoms. The molecule has 3 N–H and O–H groups in total. The number of nitrogens with two attached hydrogens (primary N) is 1.